The Morgan fingerprint density at radius 3 is 1.54 bits per heavy atom. The summed E-state index contributed by atoms with van der Waals surface area (Å²) in [6, 6.07) is 29.3. The van der Waals surface area contributed by atoms with Crippen LogP contribution in [0.4, 0.5) is 0 Å². The molecule has 0 N–H and O–H groups in total. The van der Waals surface area contributed by atoms with Gasteiger partial charge in [-0.3, -0.25) is 4.79 Å². The maximum Gasteiger partial charge on any atom is 0.379 e. The van der Waals surface area contributed by atoms with E-state index in [4.69, 9.17) is 18.6 Å². The molecule has 0 saturated carbocycles. The molecule has 0 amide bonds. The fraction of sp³-hybridized carbons (Fsp3) is 0.333. The molecule has 196 valence electrons. The van der Waals surface area contributed by atoms with Gasteiger partial charge in [-0.25, -0.2) is 4.79 Å². The van der Waals surface area contributed by atoms with E-state index in [1.54, 1.807) is 30.3 Å². The van der Waals surface area contributed by atoms with Crippen LogP contribution in [0.2, 0.25) is 5.04 Å². The lowest BCUT2D eigenvalue weighted by Crippen LogP contribution is -2.66. The first-order valence-electron chi connectivity index (χ1n) is 12.5. The fourth-order valence-corrected chi connectivity index (χ4v) is 8.85. The summed E-state index contributed by atoms with van der Waals surface area (Å²) in [7, 11) is -2.57. The summed E-state index contributed by atoms with van der Waals surface area (Å²) in [5.41, 5.74) is 0.308. The minimum Gasteiger partial charge on any atom is -0.457 e. The molecule has 3 aromatic rings. The standard InChI is InChI=1S/C30H36O6Si/c1-30(2,3)37(26-15-9-5-10-16-26,27-17-11-6-12-18-27)36-24-22-34-20-19-33-21-23-35-29(32)28(31)25-13-7-4-8-14-25/h4-18H,19-24H2,1-3H3. The molecule has 0 heterocycles. The van der Waals surface area contributed by atoms with E-state index in [0.717, 1.165) is 0 Å². The van der Waals surface area contributed by atoms with Crippen molar-refractivity contribution in [3.8, 4) is 0 Å². The lowest BCUT2D eigenvalue weighted by Gasteiger charge is -2.43. The van der Waals surface area contributed by atoms with Gasteiger partial charge in [-0.15, -0.1) is 0 Å². The molecule has 0 aliphatic carbocycles. The molecule has 0 atom stereocenters. The molecule has 3 aromatic carbocycles. The third-order valence-electron chi connectivity index (χ3n) is 6.02. The van der Waals surface area contributed by atoms with Gasteiger partial charge in [0.2, 0.25) is 0 Å². The third kappa shape index (κ3) is 7.69. The summed E-state index contributed by atoms with van der Waals surface area (Å²) < 4.78 is 23.0. The minimum atomic E-state index is -2.57. The van der Waals surface area contributed by atoms with Crippen LogP contribution < -0.4 is 10.4 Å². The zero-order chi connectivity index (χ0) is 26.6. The first-order chi connectivity index (χ1) is 17.9. The Balaban J connectivity index is 1.41. The Bertz CT molecular complexity index is 1060. The van der Waals surface area contributed by atoms with Crippen molar-refractivity contribution in [2.45, 2.75) is 25.8 Å². The highest BCUT2D eigenvalue weighted by Gasteiger charge is 2.49. The maximum atomic E-state index is 12.0. The SMILES string of the molecule is CC(C)(C)[Si](OCCOCCOCCOC(=O)C(=O)c1ccccc1)(c1ccccc1)c1ccccc1. The molecule has 6 nitrogen and oxygen atoms in total. The van der Waals surface area contributed by atoms with Crippen LogP contribution in [0.3, 0.4) is 0 Å². The van der Waals surface area contributed by atoms with Gasteiger partial charge in [0.05, 0.1) is 33.0 Å². The predicted octanol–water partition coefficient (Wildman–Crippen LogP) is 4.02. The van der Waals surface area contributed by atoms with E-state index in [9.17, 15) is 9.59 Å². The molecule has 0 radical (unpaired) electrons. The van der Waals surface area contributed by atoms with Crippen molar-refractivity contribution in [3.05, 3.63) is 96.6 Å². The number of carbonyl (C=O) groups is 2. The summed E-state index contributed by atoms with van der Waals surface area (Å²) in [5, 5.41) is 2.38. The molecule has 0 saturated heterocycles. The van der Waals surface area contributed by atoms with E-state index in [-0.39, 0.29) is 18.3 Å². The number of ketones is 1. The van der Waals surface area contributed by atoms with Gasteiger partial charge >= 0.3 is 5.97 Å². The van der Waals surface area contributed by atoms with Gasteiger partial charge in [0.15, 0.2) is 0 Å². The minimum absolute atomic E-state index is 0.00831. The Kier molecular flexibility index (Phi) is 10.8. The second-order valence-electron chi connectivity index (χ2n) is 9.57. The lowest BCUT2D eigenvalue weighted by atomic mass is 10.1. The first-order valence-corrected chi connectivity index (χ1v) is 14.4. The largest absolute Gasteiger partial charge is 0.457 e. The van der Waals surface area contributed by atoms with Crippen molar-refractivity contribution in [2.24, 2.45) is 0 Å². The van der Waals surface area contributed by atoms with Gasteiger partial charge in [0, 0.05) is 5.56 Å². The van der Waals surface area contributed by atoms with Crippen molar-refractivity contribution in [3.63, 3.8) is 0 Å². The summed E-state index contributed by atoms with van der Waals surface area (Å²) in [5.74, 6) is -1.55. The van der Waals surface area contributed by atoms with E-state index in [1.165, 1.54) is 10.4 Å². The molecule has 0 aliphatic rings. The molecule has 0 fully saturated rings. The van der Waals surface area contributed by atoms with E-state index in [2.05, 4.69) is 69.3 Å². The normalized spacial score (nSPS) is 11.8. The summed E-state index contributed by atoms with van der Waals surface area (Å²) in [4.78, 5) is 23.8. The molecule has 37 heavy (non-hydrogen) atoms. The van der Waals surface area contributed by atoms with Gasteiger partial charge in [0.1, 0.15) is 6.61 Å². The first kappa shape index (κ1) is 28.5. The molecule has 7 heteroatoms. The summed E-state index contributed by atoms with van der Waals surface area (Å²) >= 11 is 0. The highest BCUT2D eigenvalue weighted by molar-refractivity contribution is 6.99. The average molecular weight is 521 g/mol. The monoisotopic (exact) mass is 520 g/mol. The average Bonchev–Trinajstić information content (AvgIpc) is 2.92. The number of hydrogen-bond donors (Lipinski definition) is 0. The second-order valence-corrected chi connectivity index (χ2v) is 13.9. The fourth-order valence-electron chi connectivity index (χ4n) is 4.30. The van der Waals surface area contributed by atoms with Crippen LogP contribution in [0, 0.1) is 0 Å². The smallest absolute Gasteiger partial charge is 0.379 e. The topological polar surface area (TPSA) is 71.1 Å². The third-order valence-corrected chi connectivity index (χ3v) is 11.1. The number of ether oxygens (including phenoxy) is 3. The van der Waals surface area contributed by atoms with Crippen LogP contribution in [-0.2, 0) is 23.4 Å². The Morgan fingerprint density at radius 2 is 1.05 bits per heavy atom. The molecule has 0 aromatic heterocycles. The number of esters is 1. The van der Waals surface area contributed by atoms with Crippen molar-refractivity contribution in [2.75, 3.05) is 39.6 Å². The van der Waals surface area contributed by atoms with Gasteiger partial charge < -0.3 is 18.6 Å². The van der Waals surface area contributed by atoms with Crippen molar-refractivity contribution in [1.29, 1.82) is 0 Å². The Morgan fingerprint density at radius 1 is 0.622 bits per heavy atom. The summed E-state index contributed by atoms with van der Waals surface area (Å²) in [6.45, 7) is 8.58. The Labute approximate surface area is 220 Å². The molecule has 0 aliphatic heterocycles. The molecular weight excluding hydrogens is 484 g/mol. The van der Waals surface area contributed by atoms with Crippen LogP contribution in [0.5, 0.6) is 0 Å². The molecule has 0 bridgehead atoms. The van der Waals surface area contributed by atoms with E-state index < -0.39 is 20.1 Å². The van der Waals surface area contributed by atoms with Crippen LogP contribution in [0.15, 0.2) is 91.0 Å². The molecular formula is C30H36O6Si. The highest BCUT2D eigenvalue weighted by Crippen LogP contribution is 2.36. The zero-order valence-corrected chi connectivity index (χ0v) is 22.9. The summed E-state index contributed by atoms with van der Waals surface area (Å²) in [6.07, 6.45) is 0. The molecule has 0 unspecified atom stereocenters. The number of hydrogen-bond acceptors (Lipinski definition) is 6. The number of carbonyl (C=O) groups excluding carboxylic acids is 2. The lowest BCUT2D eigenvalue weighted by molar-refractivity contribution is -0.139. The van der Waals surface area contributed by atoms with Gasteiger partial charge in [0.25, 0.3) is 14.1 Å². The van der Waals surface area contributed by atoms with Gasteiger partial charge in [-0.2, -0.15) is 0 Å². The maximum absolute atomic E-state index is 12.0. The van der Waals surface area contributed by atoms with Crippen molar-refractivity contribution >= 4 is 30.4 Å². The number of benzene rings is 3. The van der Waals surface area contributed by atoms with E-state index >= 15 is 0 Å². The van der Waals surface area contributed by atoms with Crippen molar-refractivity contribution in [1.82, 2.24) is 0 Å². The molecule has 0 spiro atoms. The number of rotatable bonds is 14. The van der Waals surface area contributed by atoms with E-state index in [1.807, 2.05) is 12.1 Å². The van der Waals surface area contributed by atoms with Gasteiger partial charge in [-0.05, 0) is 15.4 Å². The number of Topliss-reactive ketones (excluding diaryl/α,β-unsaturated/α-hetero) is 1. The van der Waals surface area contributed by atoms with Gasteiger partial charge in [-0.1, -0.05) is 112 Å². The van der Waals surface area contributed by atoms with E-state index in [0.29, 0.717) is 32.0 Å². The van der Waals surface area contributed by atoms with Crippen molar-refractivity contribution < 1.29 is 28.2 Å². The Hall–Kier alpha value is -3.10. The predicted molar refractivity (Wildman–Crippen MR) is 147 cm³/mol. The van der Waals surface area contributed by atoms with Crippen LogP contribution in [0.1, 0.15) is 31.1 Å². The van der Waals surface area contributed by atoms with Crippen LogP contribution >= 0.6 is 0 Å². The quantitative estimate of drug-likeness (QED) is 0.105. The molecule has 3 rings (SSSR count). The zero-order valence-electron chi connectivity index (χ0n) is 21.9. The van der Waals surface area contributed by atoms with Crippen LogP contribution in [-0.4, -0.2) is 59.7 Å². The highest BCUT2D eigenvalue weighted by atomic mass is 28.4. The second kappa shape index (κ2) is 14.0. The van der Waals surface area contributed by atoms with Crippen LogP contribution in [0.25, 0.3) is 0 Å².